The standard InChI is InChI=1S/C13H30N2/c1-11(2)8-7-9-14-13(12(3)4)10-15(5)6/h11-14H,7-10H2,1-6H3. The van der Waals surface area contributed by atoms with Crippen molar-refractivity contribution >= 4 is 0 Å². The van der Waals surface area contributed by atoms with E-state index in [0.717, 1.165) is 19.0 Å². The van der Waals surface area contributed by atoms with Crippen LogP contribution in [0.4, 0.5) is 0 Å². The van der Waals surface area contributed by atoms with Crippen molar-refractivity contribution in [2.75, 3.05) is 27.2 Å². The van der Waals surface area contributed by atoms with Gasteiger partial charge in [0, 0.05) is 12.6 Å². The van der Waals surface area contributed by atoms with Crippen LogP contribution in [0.3, 0.4) is 0 Å². The van der Waals surface area contributed by atoms with E-state index in [0.29, 0.717) is 12.0 Å². The Bertz CT molecular complexity index is 141. The minimum atomic E-state index is 0.632. The monoisotopic (exact) mass is 214 g/mol. The van der Waals surface area contributed by atoms with Crippen LogP contribution in [-0.4, -0.2) is 38.1 Å². The van der Waals surface area contributed by atoms with Crippen LogP contribution in [0.25, 0.3) is 0 Å². The number of nitrogens with one attached hydrogen (secondary N) is 1. The normalized spacial score (nSPS) is 14.2. The molecule has 0 aliphatic rings. The van der Waals surface area contributed by atoms with Gasteiger partial charge in [-0.15, -0.1) is 0 Å². The highest BCUT2D eigenvalue weighted by Gasteiger charge is 2.12. The molecule has 0 spiro atoms. The predicted molar refractivity (Wildman–Crippen MR) is 69.3 cm³/mol. The summed E-state index contributed by atoms with van der Waals surface area (Å²) in [6.07, 6.45) is 2.63. The van der Waals surface area contributed by atoms with Crippen molar-refractivity contribution in [1.82, 2.24) is 10.2 Å². The summed E-state index contributed by atoms with van der Waals surface area (Å²) in [5.74, 6) is 1.55. The summed E-state index contributed by atoms with van der Waals surface area (Å²) in [7, 11) is 4.29. The Hall–Kier alpha value is -0.0800. The Morgan fingerprint density at radius 2 is 1.67 bits per heavy atom. The van der Waals surface area contributed by atoms with E-state index < -0.39 is 0 Å². The molecule has 0 aromatic rings. The molecular weight excluding hydrogens is 184 g/mol. The van der Waals surface area contributed by atoms with Crippen LogP contribution in [0.5, 0.6) is 0 Å². The molecule has 1 atom stereocenters. The van der Waals surface area contributed by atoms with E-state index in [9.17, 15) is 0 Å². The van der Waals surface area contributed by atoms with Gasteiger partial charge in [-0.1, -0.05) is 27.7 Å². The molecule has 0 amide bonds. The number of hydrogen-bond donors (Lipinski definition) is 1. The molecule has 0 aliphatic heterocycles. The van der Waals surface area contributed by atoms with Gasteiger partial charge >= 0.3 is 0 Å². The fourth-order valence-corrected chi connectivity index (χ4v) is 1.70. The summed E-state index contributed by atoms with van der Waals surface area (Å²) < 4.78 is 0. The van der Waals surface area contributed by atoms with Gasteiger partial charge in [0.05, 0.1) is 0 Å². The summed E-state index contributed by atoms with van der Waals surface area (Å²) in [5, 5.41) is 3.66. The largest absolute Gasteiger partial charge is 0.312 e. The van der Waals surface area contributed by atoms with Crippen molar-refractivity contribution in [3.63, 3.8) is 0 Å². The quantitative estimate of drug-likeness (QED) is 0.625. The van der Waals surface area contributed by atoms with Gasteiger partial charge in [-0.3, -0.25) is 0 Å². The summed E-state index contributed by atoms with van der Waals surface area (Å²) >= 11 is 0. The highest BCUT2D eigenvalue weighted by atomic mass is 15.1. The second-order valence-corrected chi connectivity index (χ2v) is 5.60. The number of nitrogens with zero attached hydrogens (tertiary/aromatic N) is 1. The van der Waals surface area contributed by atoms with Crippen LogP contribution in [0.1, 0.15) is 40.5 Å². The zero-order valence-electron chi connectivity index (χ0n) is 11.5. The molecule has 0 fully saturated rings. The van der Waals surface area contributed by atoms with Crippen molar-refractivity contribution in [3.05, 3.63) is 0 Å². The van der Waals surface area contributed by atoms with E-state index >= 15 is 0 Å². The zero-order chi connectivity index (χ0) is 11.8. The number of hydrogen-bond acceptors (Lipinski definition) is 2. The molecule has 15 heavy (non-hydrogen) atoms. The first-order valence-corrected chi connectivity index (χ1v) is 6.31. The molecule has 2 heteroatoms. The van der Waals surface area contributed by atoms with Crippen LogP contribution < -0.4 is 5.32 Å². The van der Waals surface area contributed by atoms with Gasteiger partial charge in [0.15, 0.2) is 0 Å². The molecule has 0 saturated carbocycles. The lowest BCUT2D eigenvalue weighted by Gasteiger charge is -2.25. The maximum atomic E-state index is 3.66. The molecule has 0 rings (SSSR count). The van der Waals surface area contributed by atoms with Crippen LogP contribution in [0.15, 0.2) is 0 Å². The Morgan fingerprint density at radius 3 is 2.07 bits per heavy atom. The van der Waals surface area contributed by atoms with Crippen LogP contribution in [0, 0.1) is 11.8 Å². The van der Waals surface area contributed by atoms with Crippen molar-refractivity contribution in [1.29, 1.82) is 0 Å². The van der Waals surface area contributed by atoms with Crippen molar-refractivity contribution in [2.45, 2.75) is 46.6 Å². The van der Waals surface area contributed by atoms with Gasteiger partial charge in [0.25, 0.3) is 0 Å². The Kier molecular flexibility index (Phi) is 8.07. The summed E-state index contributed by atoms with van der Waals surface area (Å²) in [6.45, 7) is 11.5. The molecule has 0 radical (unpaired) electrons. The first kappa shape index (κ1) is 14.9. The molecular formula is C13H30N2. The average Bonchev–Trinajstić information content (AvgIpc) is 2.08. The lowest BCUT2D eigenvalue weighted by molar-refractivity contribution is 0.287. The smallest absolute Gasteiger partial charge is 0.0217 e. The molecule has 0 aromatic carbocycles. The van der Waals surface area contributed by atoms with Gasteiger partial charge in [0.1, 0.15) is 0 Å². The lowest BCUT2D eigenvalue weighted by Crippen LogP contribution is -2.42. The lowest BCUT2D eigenvalue weighted by atomic mass is 10.0. The summed E-state index contributed by atoms with van der Waals surface area (Å²) in [4.78, 5) is 2.26. The molecule has 1 N–H and O–H groups in total. The third-order valence-electron chi connectivity index (χ3n) is 2.73. The molecule has 0 saturated heterocycles. The highest BCUT2D eigenvalue weighted by molar-refractivity contribution is 4.72. The first-order chi connectivity index (χ1) is 6.93. The summed E-state index contributed by atoms with van der Waals surface area (Å²) in [6, 6.07) is 0.632. The van der Waals surface area contributed by atoms with E-state index in [1.54, 1.807) is 0 Å². The number of likely N-dealkylation sites (N-methyl/N-ethyl adjacent to an activating group) is 1. The second kappa shape index (κ2) is 8.12. The van der Waals surface area contributed by atoms with Gasteiger partial charge in [-0.2, -0.15) is 0 Å². The average molecular weight is 214 g/mol. The fourth-order valence-electron chi connectivity index (χ4n) is 1.70. The molecule has 92 valence electrons. The van der Waals surface area contributed by atoms with Crippen molar-refractivity contribution in [3.8, 4) is 0 Å². The molecule has 0 aliphatic carbocycles. The Labute approximate surface area is 96.4 Å². The van der Waals surface area contributed by atoms with E-state index in [2.05, 4.69) is 52.0 Å². The van der Waals surface area contributed by atoms with E-state index in [4.69, 9.17) is 0 Å². The van der Waals surface area contributed by atoms with Gasteiger partial charge in [-0.05, 0) is 45.3 Å². The topological polar surface area (TPSA) is 15.3 Å². The third kappa shape index (κ3) is 8.88. The summed E-state index contributed by atoms with van der Waals surface area (Å²) in [5.41, 5.74) is 0. The molecule has 1 unspecified atom stereocenters. The van der Waals surface area contributed by atoms with Gasteiger partial charge in [0.2, 0.25) is 0 Å². The van der Waals surface area contributed by atoms with Gasteiger partial charge in [-0.25, -0.2) is 0 Å². The van der Waals surface area contributed by atoms with Gasteiger partial charge < -0.3 is 10.2 Å². The maximum Gasteiger partial charge on any atom is 0.0217 e. The van der Waals surface area contributed by atoms with Crippen LogP contribution in [0.2, 0.25) is 0 Å². The minimum Gasteiger partial charge on any atom is -0.312 e. The molecule has 0 heterocycles. The Morgan fingerprint density at radius 1 is 1.07 bits per heavy atom. The minimum absolute atomic E-state index is 0.632. The first-order valence-electron chi connectivity index (χ1n) is 6.31. The van der Waals surface area contributed by atoms with E-state index in [1.165, 1.54) is 12.8 Å². The molecule has 0 aromatic heterocycles. The van der Waals surface area contributed by atoms with Crippen LogP contribution in [-0.2, 0) is 0 Å². The molecule has 0 bridgehead atoms. The third-order valence-corrected chi connectivity index (χ3v) is 2.73. The van der Waals surface area contributed by atoms with E-state index in [1.807, 2.05) is 0 Å². The van der Waals surface area contributed by atoms with E-state index in [-0.39, 0.29) is 0 Å². The predicted octanol–water partition coefficient (Wildman–Crippen LogP) is 2.60. The Balaban J connectivity index is 3.67. The maximum absolute atomic E-state index is 3.66. The highest BCUT2D eigenvalue weighted by Crippen LogP contribution is 2.05. The molecule has 2 nitrogen and oxygen atoms in total. The SMILES string of the molecule is CC(C)CCCNC(CN(C)C)C(C)C. The zero-order valence-corrected chi connectivity index (χ0v) is 11.5. The van der Waals surface area contributed by atoms with Crippen LogP contribution >= 0.6 is 0 Å². The fraction of sp³-hybridized carbons (Fsp3) is 1.00. The van der Waals surface area contributed by atoms with Crippen molar-refractivity contribution in [2.24, 2.45) is 11.8 Å². The second-order valence-electron chi connectivity index (χ2n) is 5.60. The van der Waals surface area contributed by atoms with Crippen molar-refractivity contribution < 1.29 is 0 Å². The number of rotatable bonds is 8.